The largest absolute Gasteiger partial charge is 0.365 e. The van der Waals surface area contributed by atoms with Crippen molar-refractivity contribution in [3.63, 3.8) is 0 Å². The number of nitrogens with zero attached hydrogens (tertiary/aromatic N) is 3. The Bertz CT molecular complexity index is 1100. The van der Waals surface area contributed by atoms with E-state index in [2.05, 4.69) is 22.4 Å². The molecule has 1 aliphatic heterocycles. The van der Waals surface area contributed by atoms with Gasteiger partial charge in [0.2, 0.25) is 0 Å². The number of hydrogen-bond donors (Lipinski definition) is 1. The molecule has 1 aromatic carbocycles. The lowest BCUT2D eigenvalue weighted by molar-refractivity contribution is 0.0710. The summed E-state index contributed by atoms with van der Waals surface area (Å²) >= 11 is 1.41. The Morgan fingerprint density at radius 3 is 2.81 bits per heavy atom. The summed E-state index contributed by atoms with van der Waals surface area (Å²) in [6.45, 7) is 5.28. The van der Waals surface area contributed by atoms with Gasteiger partial charge in [-0.25, -0.2) is 9.37 Å². The van der Waals surface area contributed by atoms with Gasteiger partial charge in [-0.1, -0.05) is 23.5 Å². The number of pyridine rings is 1. The van der Waals surface area contributed by atoms with E-state index in [1.165, 1.54) is 17.4 Å². The lowest BCUT2D eigenvalue weighted by Crippen LogP contribution is -2.39. The normalized spacial score (nSPS) is 16.4. The maximum absolute atomic E-state index is 13.6. The van der Waals surface area contributed by atoms with Crippen LogP contribution in [0.1, 0.15) is 56.6 Å². The predicted molar refractivity (Wildman–Crippen MR) is 122 cm³/mol. The minimum absolute atomic E-state index is 0.0498. The van der Waals surface area contributed by atoms with Crippen LogP contribution < -0.4 is 5.32 Å². The average Bonchev–Trinajstić information content (AvgIpc) is 3.13. The summed E-state index contributed by atoms with van der Waals surface area (Å²) in [5.41, 5.74) is 4.80. The smallest absolute Gasteiger partial charge is 0.265 e. The van der Waals surface area contributed by atoms with E-state index in [-0.39, 0.29) is 17.6 Å². The van der Waals surface area contributed by atoms with Gasteiger partial charge in [0, 0.05) is 37.4 Å². The van der Waals surface area contributed by atoms with Gasteiger partial charge in [0.1, 0.15) is 10.7 Å². The molecule has 7 heteroatoms. The van der Waals surface area contributed by atoms with Gasteiger partial charge in [0.25, 0.3) is 5.91 Å². The number of piperidine rings is 1. The number of carbonyl (C=O) groups is 1. The molecule has 3 heterocycles. The molecular weight excluding hydrogens is 411 g/mol. The molecule has 0 aliphatic carbocycles. The van der Waals surface area contributed by atoms with Crippen LogP contribution in [-0.2, 0) is 6.42 Å². The van der Waals surface area contributed by atoms with Gasteiger partial charge in [-0.15, -0.1) is 0 Å². The average molecular weight is 439 g/mol. The van der Waals surface area contributed by atoms with E-state index in [4.69, 9.17) is 4.98 Å². The zero-order valence-electron chi connectivity index (χ0n) is 18.1. The minimum atomic E-state index is -0.218. The monoisotopic (exact) mass is 438 g/mol. The minimum Gasteiger partial charge on any atom is -0.365 e. The SMILES string of the molecule is CNc1nc(C)c(C(=O)N2CCCC(c3cc(Cc4cccc(F)c4)cc(C)n3)C2)s1. The summed E-state index contributed by atoms with van der Waals surface area (Å²) in [5.74, 6) is 0.0272. The number of carbonyl (C=O) groups excluding carboxylic acids is 1. The van der Waals surface area contributed by atoms with Crippen molar-refractivity contribution in [2.24, 2.45) is 0 Å². The van der Waals surface area contributed by atoms with Crippen LogP contribution in [0.25, 0.3) is 0 Å². The molecular formula is C24H27FN4OS. The summed E-state index contributed by atoms with van der Waals surface area (Å²) < 4.78 is 13.6. The third-order valence-electron chi connectivity index (χ3n) is 5.66. The molecule has 1 N–H and O–H groups in total. The van der Waals surface area contributed by atoms with Crippen molar-refractivity contribution in [1.29, 1.82) is 0 Å². The lowest BCUT2D eigenvalue weighted by atomic mass is 9.92. The molecule has 2 aromatic heterocycles. The van der Waals surface area contributed by atoms with Crippen molar-refractivity contribution in [2.75, 3.05) is 25.5 Å². The van der Waals surface area contributed by atoms with Crippen LogP contribution >= 0.6 is 11.3 Å². The number of amides is 1. The second-order valence-corrected chi connectivity index (χ2v) is 9.12. The molecule has 0 bridgehead atoms. The van der Waals surface area contributed by atoms with Crippen molar-refractivity contribution in [1.82, 2.24) is 14.9 Å². The first-order chi connectivity index (χ1) is 14.9. The van der Waals surface area contributed by atoms with Gasteiger partial charge < -0.3 is 10.2 Å². The summed E-state index contributed by atoms with van der Waals surface area (Å²) in [5, 5.41) is 3.78. The van der Waals surface area contributed by atoms with E-state index < -0.39 is 0 Å². The predicted octanol–water partition coefficient (Wildman–Crippen LogP) is 4.95. The van der Waals surface area contributed by atoms with Gasteiger partial charge in [-0.2, -0.15) is 0 Å². The van der Waals surface area contributed by atoms with Gasteiger partial charge in [-0.05, 0) is 68.5 Å². The fourth-order valence-corrected chi connectivity index (χ4v) is 5.10. The van der Waals surface area contributed by atoms with E-state index in [1.54, 1.807) is 12.1 Å². The van der Waals surface area contributed by atoms with Crippen molar-refractivity contribution >= 4 is 22.4 Å². The highest BCUT2D eigenvalue weighted by Gasteiger charge is 2.28. The molecule has 4 rings (SSSR count). The number of aryl methyl sites for hydroxylation is 2. The Morgan fingerprint density at radius 2 is 2.06 bits per heavy atom. The Labute approximate surface area is 186 Å². The fraction of sp³-hybridized carbons (Fsp3) is 0.375. The Hall–Kier alpha value is -2.80. The topological polar surface area (TPSA) is 58.1 Å². The van der Waals surface area contributed by atoms with Gasteiger partial charge in [-0.3, -0.25) is 9.78 Å². The van der Waals surface area contributed by atoms with Crippen molar-refractivity contribution in [3.8, 4) is 0 Å². The quantitative estimate of drug-likeness (QED) is 0.613. The molecule has 0 radical (unpaired) electrons. The number of rotatable bonds is 5. The zero-order chi connectivity index (χ0) is 22.0. The van der Waals surface area contributed by atoms with Crippen molar-refractivity contribution in [2.45, 2.75) is 39.0 Å². The molecule has 31 heavy (non-hydrogen) atoms. The molecule has 1 atom stereocenters. The number of thiazole rings is 1. The third kappa shape index (κ3) is 4.93. The number of likely N-dealkylation sites (tertiary alicyclic amines) is 1. The summed E-state index contributed by atoms with van der Waals surface area (Å²) in [4.78, 5) is 25.0. The van der Waals surface area contributed by atoms with E-state index >= 15 is 0 Å². The number of anilines is 1. The standard InChI is InChI=1S/C24H27FN4OS/c1-15-10-18(11-17-6-4-8-20(25)12-17)13-21(27-15)19-7-5-9-29(14-19)23(30)22-16(2)28-24(26-3)31-22/h4,6,8,10,12-13,19H,5,7,9,11,14H2,1-3H3,(H,26,28). The van der Waals surface area contributed by atoms with E-state index in [1.807, 2.05) is 31.9 Å². The van der Waals surface area contributed by atoms with E-state index in [0.29, 0.717) is 17.8 Å². The number of aromatic nitrogens is 2. The molecule has 0 spiro atoms. The lowest BCUT2D eigenvalue weighted by Gasteiger charge is -2.32. The van der Waals surface area contributed by atoms with Crippen LogP contribution in [0.5, 0.6) is 0 Å². The maximum Gasteiger partial charge on any atom is 0.265 e. The molecule has 162 valence electrons. The number of nitrogens with one attached hydrogen (secondary N) is 1. The highest BCUT2D eigenvalue weighted by atomic mass is 32.1. The summed E-state index contributed by atoms with van der Waals surface area (Å²) in [6.07, 6.45) is 2.61. The van der Waals surface area contributed by atoms with Crippen LogP contribution in [0.3, 0.4) is 0 Å². The van der Waals surface area contributed by atoms with Gasteiger partial charge >= 0.3 is 0 Å². The molecule has 1 saturated heterocycles. The van der Waals surface area contributed by atoms with Crippen LogP contribution in [0.4, 0.5) is 9.52 Å². The van der Waals surface area contributed by atoms with Crippen LogP contribution in [0.2, 0.25) is 0 Å². The molecule has 0 saturated carbocycles. The number of hydrogen-bond acceptors (Lipinski definition) is 5. The summed E-state index contributed by atoms with van der Waals surface area (Å²) in [7, 11) is 1.81. The molecule has 3 aromatic rings. The molecule has 1 fully saturated rings. The van der Waals surface area contributed by atoms with Gasteiger partial charge in [0.05, 0.1) is 5.69 Å². The number of benzene rings is 1. The highest BCUT2D eigenvalue weighted by molar-refractivity contribution is 7.17. The Balaban J connectivity index is 1.53. The first-order valence-electron chi connectivity index (χ1n) is 10.6. The first kappa shape index (κ1) is 21.4. The first-order valence-corrected chi connectivity index (χ1v) is 11.4. The summed E-state index contributed by atoms with van der Waals surface area (Å²) in [6, 6.07) is 10.9. The Morgan fingerprint density at radius 1 is 1.23 bits per heavy atom. The second kappa shape index (κ2) is 9.14. The van der Waals surface area contributed by atoms with E-state index in [9.17, 15) is 9.18 Å². The fourth-order valence-electron chi connectivity index (χ4n) is 4.21. The zero-order valence-corrected chi connectivity index (χ0v) is 18.9. The molecule has 1 unspecified atom stereocenters. The van der Waals surface area contributed by atoms with Crippen LogP contribution in [-0.4, -0.2) is 40.9 Å². The maximum atomic E-state index is 13.6. The molecule has 5 nitrogen and oxygen atoms in total. The van der Waals surface area contributed by atoms with Gasteiger partial charge in [0.15, 0.2) is 5.13 Å². The van der Waals surface area contributed by atoms with Crippen LogP contribution in [0.15, 0.2) is 36.4 Å². The third-order valence-corrected chi connectivity index (χ3v) is 6.82. The number of halogens is 1. The van der Waals surface area contributed by atoms with Crippen LogP contribution in [0, 0.1) is 19.7 Å². The van der Waals surface area contributed by atoms with E-state index in [0.717, 1.165) is 52.7 Å². The molecule has 1 aliphatic rings. The molecule has 1 amide bonds. The highest BCUT2D eigenvalue weighted by Crippen LogP contribution is 2.30. The van der Waals surface area contributed by atoms with Crippen molar-refractivity contribution in [3.05, 3.63) is 75.3 Å². The van der Waals surface area contributed by atoms with Crippen molar-refractivity contribution < 1.29 is 9.18 Å². The Kier molecular flexibility index (Phi) is 6.32. The second-order valence-electron chi connectivity index (χ2n) is 8.12.